The summed E-state index contributed by atoms with van der Waals surface area (Å²) in [6.07, 6.45) is 6.34. The van der Waals surface area contributed by atoms with Gasteiger partial charge in [-0.25, -0.2) is 4.68 Å². The van der Waals surface area contributed by atoms with Crippen LogP contribution < -0.4 is 10.5 Å². The Morgan fingerprint density at radius 3 is 2.55 bits per heavy atom. The summed E-state index contributed by atoms with van der Waals surface area (Å²) in [5.41, 5.74) is 8.39. The highest BCUT2D eigenvalue weighted by Crippen LogP contribution is 2.30. The molecule has 0 spiro atoms. The molecule has 9 nitrogen and oxygen atoms in total. The number of hydrogen-bond acceptors (Lipinski definition) is 8. The third-order valence-electron chi connectivity index (χ3n) is 6.40. The summed E-state index contributed by atoms with van der Waals surface area (Å²) in [6, 6.07) is 7.00. The van der Waals surface area contributed by atoms with Crippen molar-refractivity contribution in [3.8, 4) is 5.75 Å². The van der Waals surface area contributed by atoms with Gasteiger partial charge in [0.25, 0.3) is 0 Å². The van der Waals surface area contributed by atoms with E-state index in [4.69, 9.17) is 19.9 Å². The molecule has 2 atom stereocenters. The zero-order valence-electron chi connectivity index (χ0n) is 23.6. The molecule has 2 N–H and O–H groups in total. The van der Waals surface area contributed by atoms with Crippen LogP contribution >= 0.6 is 0 Å². The second kappa shape index (κ2) is 13.8. The zero-order chi connectivity index (χ0) is 27.7. The van der Waals surface area contributed by atoms with Crippen LogP contribution in [-0.4, -0.2) is 51.6 Å². The number of rotatable bonds is 12. The molecule has 0 saturated heterocycles. The van der Waals surface area contributed by atoms with Crippen LogP contribution in [0.3, 0.4) is 0 Å². The number of ketones is 1. The van der Waals surface area contributed by atoms with Gasteiger partial charge in [0.05, 0.1) is 12.3 Å². The Balaban J connectivity index is 1.39. The molecule has 2 unspecified atom stereocenters. The molecule has 0 bridgehead atoms. The molecular weight excluding hydrogens is 484 g/mol. The molecule has 0 radical (unpaired) electrons. The van der Waals surface area contributed by atoms with Crippen molar-refractivity contribution < 1.29 is 23.8 Å². The van der Waals surface area contributed by atoms with E-state index >= 15 is 0 Å². The van der Waals surface area contributed by atoms with Crippen molar-refractivity contribution in [1.29, 1.82) is 0 Å². The van der Waals surface area contributed by atoms with Crippen molar-refractivity contribution in [2.75, 3.05) is 13.2 Å². The molecule has 0 fully saturated rings. The number of aromatic nitrogens is 3. The third-order valence-corrected chi connectivity index (χ3v) is 6.40. The number of nitrogens with two attached hydrogens (primary N) is 1. The second-order valence-corrected chi connectivity index (χ2v) is 11.3. The van der Waals surface area contributed by atoms with Crippen LogP contribution in [0, 0.1) is 0 Å². The minimum Gasteiger partial charge on any atom is -0.494 e. The maximum atomic E-state index is 12.5. The van der Waals surface area contributed by atoms with Crippen molar-refractivity contribution in [3.63, 3.8) is 0 Å². The second-order valence-electron chi connectivity index (χ2n) is 11.3. The van der Waals surface area contributed by atoms with Crippen molar-refractivity contribution in [1.82, 2.24) is 15.0 Å². The number of benzene rings is 1. The van der Waals surface area contributed by atoms with Crippen LogP contribution in [-0.2, 0) is 31.9 Å². The summed E-state index contributed by atoms with van der Waals surface area (Å²) < 4.78 is 19.2. The topological polar surface area (TPSA) is 119 Å². The summed E-state index contributed by atoms with van der Waals surface area (Å²) in [5, 5.41) is 8.76. The van der Waals surface area contributed by atoms with E-state index in [-0.39, 0.29) is 24.5 Å². The lowest BCUT2D eigenvalue weighted by Crippen LogP contribution is -2.38. The lowest BCUT2D eigenvalue weighted by atomic mass is 9.98. The minimum absolute atomic E-state index is 0.0555. The average molecular weight is 529 g/mol. The maximum absolute atomic E-state index is 12.5. The van der Waals surface area contributed by atoms with Crippen LogP contribution in [0.5, 0.6) is 5.75 Å². The largest absolute Gasteiger partial charge is 0.494 e. The normalized spacial score (nSPS) is 16.9. The zero-order valence-corrected chi connectivity index (χ0v) is 23.6. The van der Waals surface area contributed by atoms with Crippen LogP contribution in [0.15, 0.2) is 24.3 Å². The van der Waals surface area contributed by atoms with E-state index in [1.807, 2.05) is 49.7 Å². The van der Waals surface area contributed by atoms with Gasteiger partial charge in [-0.05, 0) is 84.4 Å². The van der Waals surface area contributed by atoms with E-state index in [1.54, 1.807) is 0 Å². The van der Waals surface area contributed by atoms with Gasteiger partial charge in [0, 0.05) is 12.5 Å². The van der Waals surface area contributed by atoms with Crippen molar-refractivity contribution in [2.24, 2.45) is 5.73 Å². The number of Topliss-reactive ketones (excluding diaryl/α,β-unsaturated/α-hetero) is 1. The van der Waals surface area contributed by atoms with E-state index < -0.39 is 17.6 Å². The van der Waals surface area contributed by atoms with E-state index in [2.05, 4.69) is 24.2 Å². The Hall–Kier alpha value is -2.78. The summed E-state index contributed by atoms with van der Waals surface area (Å²) >= 11 is 0. The van der Waals surface area contributed by atoms with E-state index in [0.29, 0.717) is 31.6 Å². The van der Waals surface area contributed by atoms with Crippen LogP contribution in [0.2, 0.25) is 0 Å². The predicted octanol–water partition coefficient (Wildman–Crippen LogP) is 4.67. The summed E-state index contributed by atoms with van der Waals surface area (Å²) in [7, 11) is 0. The molecule has 3 rings (SSSR count). The highest BCUT2D eigenvalue weighted by molar-refractivity contribution is 5.79. The number of fused-ring (bicyclic) bond motifs is 1. The minimum atomic E-state index is -0.717. The maximum Gasteiger partial charge on any atom is 0.323 e. The quantitative estimate of drug-likeness (QED) is 0.312. The monoisotopic (exact) mass is 528 g/mol. The standard InChI is InChI=1S/C29H44N4O5/c1-20(2)33-25-11-7-6-8-12-26(27(25)31-32-33)37-19-22(34)10-9-17-36-23-15-13-21(14-16-23)18-24(30)28(35)38-29(3,4)5/h13-16,20,24,26H,6-12,17-19,30H2,1-5H3. The fourth-order valence-electron chi connectivity index (χ4n) is 4.49. The molecule has 9 heteroatoms. The van der Waals surface area contributed by atoms with Gasteiger partial charge in [0.15, 0.2) is 5.78 Å². The first-order chi connectivity index (χ1) is 18.0. The Kier molecular flexibility index (Phi) is 10.8. The van der Waals surface area contributed by atoms with Crippen LogP contribution in [0.1, 0.15) is 102 Å². The smallest absolute Gasteiger partial charge is 0.323 e. The van der Waals surface area contributed by atoms with Crippen LogP contribution in [0.25, 0.3) is 0 Å². The molecule has 0 saturated carbocycles. The van der Waals surface area contributed by atoms with Gasteiger partial charge in [0.2, 0.25) is 0 Å². The fourth-order valence-corrected chi connectivity index (χ4v) is 4.49. The molecule has 1 aromatic carbocycles. The Bertz CT molecular complexity index is 1040. The van der Waals surface area contributed by atoms with Gasteiger partial charge >= 0.3 is 5.97 Å². The first-order valence-electron chi connectivity index (χ1n) is 13.8. The third kappa shape index (κ3) is 9.20. The fraction of sp³-hybridized carbons (Fsp3) is 0.655. The summed E-state index contributed by atoms with van der Waals surface area (Å²) in [4.78, 5) is 24.6. The first kappa shape index (κ1) is 29.8. The molecule has 0 amide bonds. The van der Waals surface area contributed by atoms with E-state index in [1.165, 1.54) is 0 Å². The first-order valence-corrected chi connectivity index (χ1v) is 13.8. The molecule has 38 heavy (non-hydrogen) atoms. The molecule has 0 aliphatic heterocycles. The van der Waals surface area contributed by atoms with Gasteiger partial charge in [-0.1, -0.05) is 30.2 Å². The van der Waals surface area contributed by atoms with Crippen LogP contribution in [0.4, 0.5) is 0 Å². The molecule has 2 aromatic rings. The van der Waals surface area contributed by atoms with E-state index in [0.717, 1.165) is 49.1 Å². The highest BCUT2D eigenvalue weighted by Gasteiger charge is 2.26. The Morgan fingerprint density at radius 2 is 1.87 bits per heavy atom. The van der Waals surface area contributed by atoms with E-state index in [9.17, 15) is 9.59 Å². The van der Waals surface area contributed by atoms with Crippen molar-refractivity contribution in [3.05, 3.63) is 41.2 Å². The lowest BCUT2D eigenvalue weighted by molar-refractivity contribution is -0.156. The SMILES string of the molecule is CC(C)n1nnc2c1CCCCCC2OCC(=O)CCCOc1ccc(CC(N)C(=O)OC(C)(C)C)cc1. The van der Waals surface area contributed by atoms with Gasteiger partial charge in [-0.3, -0.25) is 9.59 Å². The highest BCUT2D eigenvalue weighted by atomic mass is 16.6. The summed E-state index contributed by atoms with van der Waals surface area (Å²) in [6.45, 7) is 10.2. The molecule has 1 aromatic heterocycles. The molecule has 210 valence electrons. The molecular formula is C29H44N4O5. The number of carbonyl (C=O) groups excluding carboxylic acids is 2. The lowest BCUT2D eigenvalue weighted by Gasteiger charge is -2.22. The van der Waals surface area contributed by atoms with Gasteiger partial charge in [-0.2, -0.15) is 0 Å². The Labute approximate surface area is 226 Å². The predicted molar refractivity (Wildman–Crippen MR) is 145 cm³/mol. The number of esters is 1. The number of carbonyl (C=O) groups is 2. The van der Waals surface area contributed by atoms with Gasteiger partial charge in [-0.15, -0.1) is 5.10 Å². The summed E-state index contributed by atoms with van der Waals surface area (Å²) in [5.74, 6) is 0.349. The Morgan fingerprint density at radius 1 is 1.13 bits per heavy atom. The number of nitrogens with zero attached hydrogens (tertiary/aromatic N) is 3. The molecule has 1 aliphatic carbocycles. The van der Waals surface area contributed by atoms with Gasteiger partial charge in [0.1, 0.15) is 35.8 Å². The number of hydrogen-bond donors (Lipinski definition) is 1. The average Bonchev–Trinajstić information content (AvgIpc) is 3.24. The molecule has 1 aliphatic rings. The number of ether oxygens (including phenoxy) is 3. The van der Waals surface area contributed by atoms with Gasteiger partial charge < -0.3 is 19.9 Å². The molecule has 1 heterocycles. The van der Waals surface area contributed by atoms with Crippen molar-refractivity contribution >= 4 is 11.8 Å². The van der Waals surface area contributed by atoms with Crippen molar-refractivity contribution in [2.45, 2.75) is 110 Å².